The molecule has 128 valence electrons. The van der Waals surface area contributed by atoms with Gasteiger partial charge in [-0.05, 0) is 42.5 Å². The Kier molecular flexibility index (Phi) is 4.74. The van der Waals surface area contributed by atoms with Gasteiger partial charge in [-0.15, -0.1) is 0 Å². The summed E-state index contributed by atoms with van der Waals surface area (Å²) < 4.78 is 38.5. The second kappa shape index (κ2) is 7.12. The molecule has 7 heteroatoms. The molecule has 2 heterocycles. The molecular formula is C18H14F2N2O3. The van der Waals surface area contributed by atoms with Crippen molar-refractivity contribution in [1.29, 1.82) is 0 Å². The van der Waals surface area contributed by atoms with Crippen molar-refractivity contribution in [1.82, 2.24) is 9.78 Å². The SMILES string of the molecule is Cn1nccc1C(=O)C=Cc1ccc(COc2ccc(F)cc2F)o1. The number of carbonyl (C=O) groups excluding carboxylic acids is 1. The van der Waals surface area contributed by atoms with E-state index in [9.17, 15) is 13.6 Å². The maximum atomic E-state index is 13.5. The largest absolute Gasteiger partial charge is 0.483 e. The highest BCUT2D eigenvalue weighted by atomic mass is 19.1. The highest BCUT2D eigenvalue weighted by Gasteiger charge is 2.08. The maximum Gasteiger partial charge on any atom is 0.203 e. The van der Waals surface area contributed by atoms with E-state index in [4.69, 9.17) is 9.15 Å². The summed E-state index contributed by atoms with van der Waals surface area (Å²) in [6.07, 6.45) is 4.44. The van der Waals surface area contributed by atoms with Crippen molar-refractivity contribution in [2.24, 2.45) is 7.05 Å². The molecule has 0 aliphatic rings. The zero-order valence-electron chi connectivity index (χ0n) is 13.3. The molecule has 0 spiro atoms. The van der Waals surface area contributed by atoms with Crippen molar-refractivity contribution in [3.63, 3.8) is 0 Å². The van der Waals surface area contributed by atoms with Crippen LogP contribution in [0.3, 0.4) is 0 Å². The predicted molar refractivity (Wildman–Crippen MR) is 86.0 cm³/mol. The van der Waals surface area contributed by atoms with Crippen molar-refractivity contribution in [3.8, 4) is 5.75 Å². The Morgan fingerprint density at radius 1 is 1.28 bits per heavy atom. The van der Waals surface area contributed by atoms with E-state index in [0.29, 0.717) is 17.2 Å². The number of benzene rings is 1. The van der Waals surface area contributed by atoms with Crippen LogP contribution in [0.1, 0.15) is 22.0 Å². The molecule has 0 amide bonds. The van der Waals surface area contributed by atoms with Crippen LogP contribution in [0.2, 0.25) is 0 Å². The van der Waals surface area contributed by atoms with E-state index >= 15 is 0 Å². The molecule has 0 saturated carbocycles. The highest BCUT2D eigenvalue weighted by Crippen LogP contribution is 2.20. The van der Waals surface area contributed by atoms with Crippen LogP contribution in [-0.4, -0.2) is 15.6 Å². The summed E-state index contributed by atoms with van der Waals surface area (Å²) >= 11 is 0. The van der Waals surface area contributed by atoms with E-state index in [1.54, 1.807) is 25.2 Å². The molecule has 2 aromatic heterocycles. The summed E-state index contributed by atoms with van der Waals surface area (Å²) in [4.78, 5) is 12.0. The number of halogens is 2. The van der Waals surface area contributed by atoms with Gasteiger partial charge in [0.25, 0.3) is 0 Å². The Balaban J connectivity index is 1.61. The lowest BCUT2D eigenvalue weighted by atomic mass is 10.2. The van der Waals surface area contributed by atoms with Gasteiger partial charge >= 0.3 is 0 Å². The first kappa shape index (κ1) is 16.6. The monoisotopic (exact) mass is 344 g/mol. The molecule has 0 N–H and O–H groups in total. The number of hydrogen-bond acceptors (Lipinski definition) is 4. The molecule has 5 nitrogen and oxygen atoms in total. The quantitative estimate of drug-likeness (QED) is 0.505. The van der Waals surface area contributed by atoms with Gasteiger partial charge in [0.2, 0.25) is 5.78 Å². The average molecular weight is 344 g/mol. The Hall–Kier alpha value is -3.22. The third-order valence-electron chi connectivity index (χ3n) is 3.42. The fraction of sp³-hybridized carbons (Fsp3) is 0.111. The van der Waals surface area contributed by atoms with Crippen molar-refractivity contribution >= 4 is 11.9 Å². The fourth-order valence-corrected chi connectivity index (χ4v) is 2.16. The van der Waals surface area contributed by atoms with Gasteiger partial charge in [0.05, 0.1) is 0 Å². The summed E-state index contributed by atoms with van der Waals surface area (Å²) in [5, 5.41) is 3.93. The van der Waals surface area contributed by atoms with Crippen molar-refractivity contribution in [2.75, 3.05) is 0 Å². The van der Waals surface area contributed by atoms with E-state index < -0.39 is 11.6 Å². The Labute approximate surface area is 142 Å². The summed E-state index contributed by atoms with van der Waals surface area (Å²) in [6.45, 7) is -0.0218. The minimum Gasteiger partial charge on any atom is -0.483 e. The van der Waals surface area contributed by atoms with E-state index in [0.717, 1.165) is 12.1 Å². The summed E-state index contributed by atoms with van der Waals surface area (Å²) in [7, 11) is 1.68. The van der Waals surface area contributed by atoms with Crippen LogP contribution in [-0.2, 0) is 13.7 Å². The predicted octanol–water partition coefficient (Wildman–Crippen LogP) is 3.77. The maximum absolute atomic E-state index is 13.5. The molecule has 0 aliphatic heterocycles. The third-order valence-corrected chi connectivity index (χ3v) is 3.42. The Morgan fingerprint density at radius 3 is 2.84 bits per heavy atom. The van der Waals surface area contributed by atoms with Crippen LogP contribution < -0.4 is 4.74 Å². The topological polar surface area (TPSA) is 57.3 Å². The van der Waals surface area contributed by atoms with E-state index in [1.807, 2.05) is 0 Å². The molecule has 0 aliphatic carbocycles. The van der Waals surface area contributed by atoms with Crippen LogP contribution in [0.25, 0.3) is 6.08 Å². The number of ketones is 1. The fourth-order valence-electron chi connectivity index (χ4n) is 2.16. The van der Waals surface area contributed by atoms with E-state index in [1.165, 1.54) is 29.1 Å². The van der Waals surface area contributed by atoms with Crippen LogP contribution in [0.4, 0.5) is 8.78 Å². The number of nitrogens with zero attached hydrogens (tertiary/aromatic N) is 2. The van der Waals surface area contributed by atoms with Gasteiger partial charge in [-0.3, -0.25) is 9.48 Å². The van der Waals surface area contributed by atoms with Crippen LogP contribution in [0.15, 0.2) is 53.1 Å². The van der Waals surface area contributed by atoms with Gasteiger partial charge in [-0.1, -0.05) is 0 Å². The molecule has 25 heavy (non-hydrogen) atoms. The molecule has 3 rings (SSSR count). The standard InChI is InChI=1S/C18H14F2N2O3/c1-22-16(8-9-21-22)17(23)6-5-13-3-4-14(25-13)11-24-18-7-2-12(19)10-15(18)20/h2-10H,11H2,1H3. The lowest BCUT2D eigenvalue weighted by molar-refractivity contribution is 0.103. The first-order valence-electron chi connectivity index (χ1n) is 7.40. The van der Waals surface area contributed by atoms with Gasteiger partial charge in [0, 0.05) is 19.3 Å². The van der Waals surface area contributed by atoms with Crippen LogP contribution in [0.5, 0.6) is 5.75 Å². The van der Waals surface area contributed by atoms with Crippen molar-refractivity contribution < 1.29 is 22.7 Å². The number of aryl methyl sites for hydroxylation is 1. The van der Waals surface area contributed by atoms with E-state index in [-0.39, 0.29) is 18.1 Å². The van der Waals surface area contributed by atoms with Crippen molar-refractivity contribution in [3.05, 3.63) is 77.5 Å². The van der Waals surface area contributed by atoms with Gasteiger partial charge < -0.3 is 9.15 Å². The molecule has 0 saturated heterocycles. The number of ether oxygens (including phenoxy) is 1. The molecule has 0 unspecified atom stereocenters. The normalized spacial score (nSPS) is 11.2. The lowest BCUT2D eigenvalue weighted by Crippen LogP contribution is -2.03. The van der Waals surface area contributed by atoms with Crippen LogP contribution in [0, 0.1) is 11.6 Å². The number of furan rings is 1. The Morgan fingerprint density at radius 2 is 2.12 bits per heavy atom. The number of rotatable bonds is 6. The van der Waals surface area contributed by atoms with E-state index in [2.05, 4.69) is 5.10 Å². The first-order valence-corrected chi connectivity index (χ1v) is 7.40. The summed E-state index contributed by atoms with van der Waals surface area (Å²) in [5.41, 5.74) is 0.457. The second-order valence-electron chi connectivity index (χ2n) is 5.21. The number of allylic oxidation sites excluding steroid dienone is 1. The second-order valence-corrected chi connectivity index (χ2v) is 5.21. The number of aromatic nitrogens is 2. The van der Waals surface area contributed by atoms with Crippen molar-refractivity contribution in [2.45, 2.75) is 6.61 Å². The summed E-state index contributed by atoms with van der Waals surface area (Å²) in [5.74, 6) is -0.837. The minimum atomic E-state index is -0.784. The zero-order chi connectivity index (χ0) is 17.8. The zero-order valence-corrected chi connectivity index (χ0v) is 13.3. The smallest absolute Gasteiger partial charge is 0.203 e. The third kappa shape index (κ3) is 4.00. The molecule has 1 aromatic carbocycles. The molecule has 0 atom stereocenters. The average Bonchev–Trinajstić information content (AvgIpc) is 3.21. The molecule has 0 fully saturated rings. The molecular weight excluding hydrogens is 330 g/mol. The highest BCUT2D eigenvalue weighted by molar-refractivity contribution is 6.05. The Bertz CT molecular complexity index is 928. The van der Waals surface area contributed by atoms with Gasteiger partial charge in [-0.2, -0.15) is 5.10 Å². The van der Waals surface area contributed by atoms with Gasteiger partial charge in [0.1, 0.15) is 29.6 Å². The van der Waals surface area contributed by atoms with Gasteiger partial charge in [0.15, 0.2) is 11.6 Å². The first-order chi connectivity index (χ1) is 12.0. The number of carbonyl (C=O) groups is 1. The molecule has 3 aromatic rings. The molecule has 0 radical (unpaired) electrons. The number of hydrogen-bond donors (Lipinski definition) is 0. The molecule has 0 bridgehead atoms. The lowest BCUT2D eigenvalue weighted by Gasteiger charge is -2.05. The summed E-state index contributed by atoms with van der Waals surface area (Å²) in [6, 6.07) is 7.99. The minimum absolute atomic E-state index is 0.0218. The van der Waals surface area contributed by atoms with Gasteiger partial charge in [-0.25, -0.2) is 8.78 Å². The van der Waals surface area contributed by atoms with Crippen LogP contribution >= 0.6 is 0 Å².